The molecular formula is C8H14N4O2. The minimum atomic E-state index is -0.939. The summed E-state index contributed by atoms with van der Waals surface area (Å²) in [6.07, 6.45) is 5.27. The summed E-state index contributed by atoms with van der Waals surface area (Å²) in [5, 5.41) is 12.4. The zero-order valence-corrected chi connectivity index (χ0v) is 7.83. The fourth-order valence-electron chi connectivity index (χ4n) is 1.11. The van der Waals surface area contributed by atoms with Gasteiger partial charge in [0, 0.05) is 6.54 Å². The molecule has 3 N–H and O–H groups in total. The molecule has 6 heteroatoms. The van der Waals surface area contributed by atoms with Crippen LogP contribution in [0.25, 0.3) is 0 Å². The van der Waals surface area contributed by atoms with E-state index in [1.165, 1.54) is 6.33 Å². The summed E-state index contributed by atoms with van der Waals surface area (Å²) in [5.41, 5.74) is 5.34. The first-order chi connectivity index (χ1) is 6.70. The molecule has 0 spiro atoms. The maximum atomic E-state index is 10.4. The fourth-order valence-corrected chi connectivity index (χ4v) is 1.11. The van der Waals surface area contributed by atoms with Crippen molar-refractivity contribution in [2.45, 2.75) is 31.8 Å². The van der Waals surface area contributed by atoms with Gasteiger partial charge in [-0.25, -0.2) is 4.98 Å². The van der Waals surface area contributed by atoms with Gasteiger partial charge in [-0.1, -0.05) is 0 Å². The maximum Gasteiger partial charge on any atom is 0.320 e. The molecule has 1 heterocycles. The lowest BCUT2D eigenvalue weighted by Crippen LogP contribution is -2.29. The normalized spacial score (nSPS) is 12.6. The number of rotatable bonds is 6. The lowest BCUT2D eigenvalue weighted by molar-refractivity contribution is -0.138. The van der Waals surface area contributed by atoms with E-state index in [1.54, 1.807) is 11.0 Å². The van der Waals surface area contributed by atoms with E-state index in [-0.39, 0.29) is 0 Å². The van der Waals surface area contributed by atoms with Crippen molar-refractivity contribution in [3.63, 3.8) is 0 Å². The summed E-state index contributed by atoms with van der Waals surface area (Å²) in [4.78, 5) is 14.2. The molecule has 1 atom stereocenters. The Bertz CT molecular complexity index is 273. The first kappa shape index (κ1) is 10.6. The van der Waals surface area contributed by atoms with Gasteiger partial charge in [-0.3, -0.25) is 9.48 Å². The molecule has 0 aliphatic heterocycles. The molecule has 0 fully saturated rings. The largest absolute Gasteiger partial charge is 0.480 e. The molecular weight excluding hydrogens is 184 g/mol. The van der Waals surface area contributed by atoms with Crippen LogP contribution in [0.1, 0.15) is 19.3 Å². The molecule has 1 aromatic heterocycles. The third-order valence-corrected chi connectivity index (χ3v) is 1.94. The number of aryl methyl sites for hydroxylation is 1. The van der Waals surface area contributed by atoms with Gasteiger partial charge in [-0.15, -0.1) is 0 Å². The van der Waals surface area contributed by atoms with Crippen molar-refractivity contribution in [3.8, 4) is 0 Å². The van der Waals surface area contributed by atoms with E-state index >= 15 is 0 Å². The minimum Gasteiger partial charge on any atom is -0.480 e. The third-order valence-electron chi connectivity index (χ3n) is 1.94. The van der Waals surface area contributed by atoms with Crippen molar-refractivity contribution >= 4 is 5.97 Å². The molecule has 0 bridgehead atoms. The van der Waals surface area contributed by atoms with E-state index < -0.39 is 12.0 Å². The topological polar surface area (TPSA) is 94.0 Å². The predicted molar refractivity (Wildman–Crippen MR) is 49.5 cm³/mol. The quantitative estimate of drug-likeness (QED) is 0.620. The molecule has 0 aromatic carbocycles. The Labute approximate surface area is 81.7 Å². The highest BCUT2D eigenvalue weighted by Gasteiger charge is 2.09. The summed E-state index contributed by atoms with van der Waals surface area (Å²) in [6.45, 7) is 0.756. The van der Waals surface area contributed by atoms with Gasteiger partial charge in [0.05, 0.1) is 0 Å². The Balaban J connectivity index is 2.08. The number of nitrogens with zero attached hydrogens (tertiary/aromatic N) is 3. The number of hydrogen-bond donors (Lipinski definition) is 2. The molecule has 0 aliphatic carbocycles. The van der Waals surface area contributed by atoms with Gasteiger partial charge in [0.1, 0.15) is 18.7 Å². The van der Waals surface area contributed by atoms with E-state index in [1.807, 2.05) is 0 Å². The maximum absolute atomic E-state index is 10.4. The monoisotopic (exact) mass is 198 g/mol. The Morgan fingerprint density at radius 1 is 1.57 bits per heavy atom. The predicted octanol–water partition coefficient (Wildman–Crippen LogP) is -0.140. The lowest BCUT2D eigenvalue weighted by Gasteiger charge is -2.05. The second-order valence-corrected chi connectivity index (χ2v) is 3.10. The summed E-state index contributed by atoms with van der Waals surface area (Å²) < 4.78 is 1.71. The highest BCUT2D eigenvalue weighted by Crippen LogP contribution is 2.00. The summed E-state index contributed by atoms with van der Waals surface area (Å²) in [7, 11) is 0. The van der Waals surface area contributed by atoms with Crippen LogP contribution in [-0.4, -0.2) is 31.9 Å². The molecule has 14 heavy (non-hydrogen) atoms. The molecule has 0 aliphatic rings. The van der Waals surface area contributed by atoms with Crippen LogP contribution in [0, 0.1) is 0 Å². The smallest absolute Gasteiger partial charge is 0.320 e. The molecule has 1 rings (SSSR count). The number of nitrogens with two attached hydrogens (primary N) is 1. The van der Waals surface area contributed by atoms with Gasteiger partial charge in [0.25, 0.3) is 0 Å². The molecule has 0 saturated heterocycles. The van der Waals surface area contributed by atoms with Crippen LogP contribution in [0.2, 0.25) is 0 Å². The van der Waals surface area contributed by atoms with E-state index in [0.29, 0.717) is 6.42 Å². The van der Waals surface area contributed by atoms with Crippen molar-refractivity contribution in [2.75, 3.05) is 0 Å². The second-order valence-electron chi connectivity index (χ2n) is 3.10. The molecule has 1 aromatic rings. The van der Waals surface area contributed by atoms with E-state index in [9.17, 15) is 4.79 Å². The van der Waals surface area contributed by atoms with Gasteiger partial charge in [0.15, 0.2) is 0 Å². The van der Waals surface area contributed by atoms with Gasteiger partial charge >= 0.3 is 5.97 Å². The number of carbonyl (C=O) groups is 1. The first-order valence-corrected chi connectivity index (χ1v) is 4.51. The fraction of sp³-hybridized carbons (Fsp3) is 0.625. The van der Waals surface area contributed by atoms with E-state index in [2.05, 4.69) is 10.1 Å². The van der Waals surface area contributed by atoms with Crippen molar-refractivity contribution in [1.29, 1.82) is 0 Å². The van der Waals surface area contributed by atoms with Crippen LogP contribution >= 0.6 is 0 Å². The summed E-state index contributed by atoms with van der Waals surface area (Å²) >= 11 is 0. The van der Waals surface area contributed by atoms with Crippen molar-refractivity contribution in [3.05, 3.63) is 12.7 Å². The standard InChI is InChI=1S/C8H14N4O2/c9-7(8(13)14)3-1-2-4-12-6-10-5-11-12/h5-7H,1-4,9H2,(H,13,14)/t7-/m0/s1. The summed E-state index contributed by atoms with van der Waals surface area (Å²) in [5.74, 6) is -0.939. The Kier molecular flexibility index (Phi) is 4.06. The first-order valence-electron chi connectivity index (χ1n) is 4.51. The Morgan fingerprint density at radius 2 is 2.36 bits per heavy atom. The minimum absolute atomic E-state index is 0.504. The van der Waals surface area contributed by atoms with Crippen LogP contribution in [0.3, 0.4) is 0 Å². The lowest BCUT2D eigenvalue weighted by atomic mass is 10.1. The van der Waals surface area contributed by atoms with Crippen LogP contribution in [-0.2, 0) is 11.3 Å². The van der Waals surface area contributed by atoms with Crippen molar-refractivity contribution in [1.82, 2.24) is 14.8 Å². The Hall–Kier alpha value is -1.43. The summed E-state index contributed by atoms with van der Waals surface area (Å²) in [6, 6.07) is -0.745. The third kappa shape index (κ3) is 3.53. The molecule has 0 amide bonds. The number of aliphatic carboxylic acids is 1. The highest BCUT2D eigenvalue weighted by molar-refractivity contribution is 5.72. The Morgan fingerprint density at radius 3 is 2.93 bits per heavy atom. The van der Waals surface area contributed by atoms with Crippen molar-refractivity contribution < 1.29 is 9.90 Å². The second kappa shape index (κ2) is 5.33. The zero-order chi connectivity index (χ0) is 10.4. The highest BCUT2D eigenvalue weighted by atomic mass is 16.4. The number of hydrogen-bond acceptors (Lipinski definition) is 4. The van der Waals surface area contributed by atoms with Crippen molar-refractivity contribution in [2.24, 2.45) is 5.73 Å². The zero-order valence-electron chi connectivity index (χ0n) is 7.83. The SMILES string of the molecule is N[C@@H](CCCCn1cncn1)C(=O)O. The average molecular weight is 198 g/mol. The van der Waals surface area contributed by atoms with Gasteiger partial charge in [-0.2, -0.15) is 5.10 Å². The van der Waals surface area contributed by atoms with Gasteiger partial charge < -0.3 is 10.8 Å². The number of aromatic nitrogens is 3. The molecule has 0 radical (unpaired) electrons. The van der Waals surface area contributed by atoms with Gasteiger partial charge in [-0.05, 0) is 19.3 Å². The number of carboxylic acids is 1. The van der Waals surface area contributed by atoms with Crippen LogP contribution in [0.5, 0.6) is 0 Å². The number of unbranched alkanes of at least 4 members (excludes halogenated alkanes) is 1. The van der Waals surface area contributed by atoms with Crippen LogP contribution in [0.15, 0.2) is 12.7 Å². The van der Waals surface area contributed by atoms with E-state index in [4.69, 9.17) is 10.8 Å². The molecule has 0 unspecified atom stereocenters. The molecule has 0 saturated carbocycles. The van der Waals surface area contributed by atoms with Crippen LogP contribution < -0.4 is 5.73 Å². The van der Waals surface area contributed by atoms with Crippen LogP contribution in [0.4, 0.5) is 0 Å². The number of carboxylic acid groups (broad SMARTS) is 1. The van der Waals surface area contributed by atoms with E-state index in [0.717, 1.165) is 19.4 Å². The molecule has 78 valence electrons. The average Bonchev–Trinajstić information content (AvgIpc) is 2.64. The molecule has 6 nitrogen and oxygen atoms in total. The van der Waals surface area contributed by atoms with Gasteiger partial charge in [0.2, 0.25) is 0 Å².